The summed E-state index contributed by atoms with van der Waals surface area (Å²) < 4.78 is 5.70. The predicted octanol–water partition coefficient (Wildman–Crippen LogP) is 2.65. The second kappa shape index (κ2) is 6.98. The van der Waals surface area contributed by atoms with Gasteiger partial charge in [-0.15, -0.1) is 11.3 Å². The molecule has 1 atom stereocenters. The maximum absolute atomic E-state index is 5.70. The lowest BCUT2D eigenvalue weighted by Crippen LogP contribution is -2.20. The SMILES string of the molecule is CCNCCC(C)OCc1cccs1. The molecule has 0 spiro atoms. The zero-order valence-corrected chi connectivity index (χ0v) is 9.77. The molecule has 0 saturated heterocycles. The minimum atomic E-state index is 0.344. The molecule has 1 aromatic rings. The highest BCUT2D eigenvalue weighted by atomic mass is 32.1. The number of hydrogen-bond donors (Lipinski definition) is 1. The summed E-state index contributed by atoms with van der Waals surface area (Å²) in [7, 11) is 0. The normalized spacial score (nSPS) is 13.0. The quantitative estimate of drug-likeness (QED) is 0.703. The van der Waals surface area contributed by atoms with Crippen molar-refractivity contribution in [1.29, 1.82) is 0 Å². The van der Waals surface area contributed by atoms with Gasteiger partial charge in [-0.05, 0) is 37.9 Å². The van der Waals surface area contributed by atoms with Gasteiger partial charge in [0.05, 0.1) is 12.7 Å². The highest BCUT2D eigenvalue weighted by molar-refractivity contribution is 7.09. The molecule has 0 radical (unpaired) electrons. The molecule has 0 aliphatic heterocycles. The van der Waals surface area contributed by atoms with Crippen LogP contribution >= 0.6 is 11.3 Å². The monoisotopic (exact) mass is 213 g/mol. The summed E-state index contributed by atoms with van der Waals surface area (Å²) in [4.78, 5) is 1.31. The Labute approximate surface area is 90.3 Å². The fourth-order valence-electron chi connectivity index (χ4n) is 1.18. The Kier molecular flexibility index (Phi) is 5.83. The van der Waals surface area contributed by atoms with E-state index in [1.807, 2.05) is 0 Å². The first-order chi connectivity index (χ1) is 6.83. The molecule has 14 heavy (non-hydrogen) atoms. The van der Waals surface area contributed by atoms with Crippen LogP contribution in [0.2, 0.25) is 0 Å². The van der Waals surface area contributed by atoms with Crippen molar-refractivity contribution in [2.75, 3.05) is 13.1 Å². The average molecular weight is 213 g/mol. The van der Waals surface area contributed by atoms with Crippen LogP contribution in [-0.4, -0.2) is 19.2 Å². The minimum Gasteiger partial charge on any atom is -0.373 e. The Hall–Kier alpha value is -0.380. The van der Waals surface area contributed by atoms with Gasteiger partial charge in [0.25, 0.3) is 0 Å². The largest absolute Gasteiger partial charge is 0.373 e. The lowest BCUT2D eigenvalue weighted by Gasteiger charge is -2.12. The first-order valence-electron chi connectivity index (χ1n) is 5.17. The van der Waals surface area contributed by atoms with Crippen LogP contribution in [0.4, 0.5) is 0 Å². The van der Waals surface area contributed by atoms with E-state index in [0.717, 1.165) is 26.1 Å². The summed E-state index contributed by atoms with van der Waals surface area (Å²) in [5.41, 5.74) is 0. The minimum absolute atomic E-state index is 0.344. The van der Waals surface area contributed by atoms with Crippen molar-refractivity contribution >= 4 is 11.3 Å². The van der Waals surface area contributed by atoms with Crippen LogP contribution in [0.1, 0.15) is 25.1 Å². The van der Waals surface area contributed by atoms with E-state index < -0.39 is 0 Å². The third kappa shape index (κ3) is 4.74. The van der Waals surface area contributed by atoms with Crippen LogP contribution in [0.5, 0.6) is 0 Å². The van der Waals surface area contributed by atoms with Gasteiger partial charge in [-0.2, -0.15) is 0 Å². The molecule has 1 heterocycles. The average Bonchev–Trinajstić information content (AvgIpc) is 2.68. The molecular formula is C11H19NOS. The molecule has 0 amide bonds. The van der Waals surface area contributed by atoms with Crippen molar-refractivity contribution in [3.8, 4) is 0 Å². The summed E-state index contributed by atoms with van der Waals surface area (Å²) in [6.45, 7) is 7.09. The Morgan fingerprint density at radius 3 is 3.07 bits per heavy atom. The van der Waals surface area contributed by atoms with Crippen molar-refractivity contribution in [1.82, 2.24) is 5.32 Å². The first-order valence-corrected chi connectivity index (χ1v) is 6.05. The molecule has 0 saturated carbocycles. The number of ether oxygens (including phenoxy) is 1. The van der Waals surface area contributed by atoms with Crippen molar-refractivity contribution < 1.29 is 4.74 Å². The van der Waals surface area contributed by atoms with Crippen LogP contribution < -0.4 is 5.32 Å². The van der Waals surface area contributed by atoms with Gasteiger partial charge in [0.2, 0.25) is 0 Å². The topological polar surface area (TPSA) is 21.3 Å². The van der Waals surface area contributed by atoms with E-state index >= 15 is 0 Å². The summed E-state index contributed by atoms with van der Waals surface area (Å²) in [6, 6.07) is 4.17. The molecule has 1 rings (SSSR count). The van der Waals surface area contributed by atoms with Crippen molar-refractivity contribution in [3.05, 3.63) is 22.4 Å². The van der Waals surface area contributed by atoms with Crippen LogP contribution in [0.25, 0.3) is 0 Å². The zero-order chi connectivity index (χ0) is 10.2. The Morgan fingerprint density at radius 1 is 1.57 bits per heavy atom. The molecule has 0 aliphatic carbocycles. The third-order valence-electron chi connectivity index (χ3n) is 2.07. The second-order valence-electron chi connectivity index (χ2n) is 3.34. The third-order valence-corrected chi connectivity index (χ3v) is 2.92. The predicted molar refractivity (Wildman–Crippen MR) is 61.7 cm³/mol. The lowest BCUT2D eigenvalue weighted by molar-refractivity contribution is 0.0495. The molecule has 1 N–H and O–H groups in total. The Bertz CT molecular complexity index is 223. The fourth-order valence-corrected chi connectivity index (χ4v) is 1.81. The van der Waals surface area contributed by atoms with E-state index in [2.05, 4.69) is 36.7 Å². The van der Waals surface area contributed by atoms with Gasteiger partial charge in [0, 0.05) is 4.88 Å². The van der Waals surface area contributed by atoms with E-state index in [9.17, 15) is 0 Å². The summed E-state index contributed by atoms with van der Waals surface area (Å²) in [5.74, 6) is 0. The van der Waals surface area contributed by atoms with E-state index in [-0.39, 0.29) is 0 Å². The van der Waals surface area contributed by atoms with Gasteiger partial charge < -0.3 is 10.1 Å². The molecule has 80 valence electrons. The number of nitrogens with one attached hydrogen (secondary N) is 1. The van der Waals surface area contributed by atoms with Crippen molar-refractivity contribution in [2.24, 2.45) is 0 Å². The second-order valence-corrected chi connectivity index (χ2v) is 4.38. The maximum Gasteiger partial charge on any atom is 0.0812 e. The van der Waals surface area contributed by atoms with E-state index in [4.69, 9.17) is 4.74 Å². The van der Waals surface area contributed by atoms with E-state index in [1.165, 1.54) is 4.88 Å². The molecule has 3 heteroatoms. The lowest BCUT2D eigenvalue weighted by atomic mass is 10.3. The summed E-state index contributed by atoms with van der Waals surface area (Å²) >= 11 is 1.75. The van der Waals surface area contributed by atoms with E-state index in [0.29, 0.717) is 6.10 Å². The fraction of sp³-hybridized carbons (Fsp3) is 0.636. The van der Waals surface area contributed by atoms with Gasteiger partial charge in [0.15, 0.2) is 0 Å². The zero-order valence-electron chi connectivity index (χ0n) is 8.95. The van der Waals surface area contributed by atoms with Gasteiger partial charge in [-0.3, -0.25) is 0 Å². The number of hydrogen-bond acceptors (Lipinski definition) is 3. The maximum atomic E-state index is 5.70. The highest BCUT2D eigenvalue weighted by Gasteiger charge is 2.02. The van der Waals surface area contributed by atoms with Gasteiger partial charge >= 0.3 is 0 Å². The van der Waals surface area contributed by atoms with Crippen LogP contribution in [-0.2, 0) is 11.3 Å². The molecule has 0 bridgehead atoms. The van der Waals surface area contributed by atoms with Crippen LogP contribution in [0.3, 0.4) is 0 Å². The van der Waals surface area contributed by atoms with Crippen LogP contribution in [0.15, 0.2) is 17.5 Å². The van der Waals surface area contributed by atoms with Crippen molar-refractivity contribution in [2.45, 2.75) is 33.0 Å². The van der Waals surface area contributed by atoms with Gasteiger partial charge in [-0.1, -0.05) is 13.0 Å². The summed E-state index contributed by atoms with van der Waals surface area (Å²) in [5, 5.41) is 5.38. The van der Waals surface area contributed by atoms with Crippen LogP contribution in [0, 0.1) is 0 Å². The molecule has 0 aliphatic rings. The molecule has 0 fully saturated rings. The summed E-state index contributed by atoms with van der Waals surface area (Å²) in [6.07, 6.45) is 1.43. The molecule has 1 unspecified atom stereocenters. The highest BCUT2D eigenvalue weighted by Crippen LogP contribution is 2.11. The number of rotatable bonds is 7. The first kappa shape index (κ1) is 11.7. The van der Waals surface area contributed by atoms with Gasteiger partial charge in [0.1, 0.15) is 0 Å². The smallest absolute Gasteiger partial charge is 0.0812 e. The van der Waals surface area contributed by atoms with Crippen molar-refractivity contribution in [3.63, 3.8) is 0 Å². The molecule has 0 aromatic carbocycles. The van der Waals surface area contributed by atoms with E-state index in [1.54, 1.807) is 11.3 Å². The standard InChI is InChI=1S/C11H19NOS/c1-3-12-7-6-10(2)13-9-11-5-4-8-14-11/h4-5,8,10,12H,3,6-7,9H2,1-2H3. The molecule has 2 nitrogen and oxygen atoms in total. The van der Waals surface area contributed by atoms with Gasteiger partial charge in [-0.25, -0.2) is 0 Å². The molecular weight excluding hydrogens is 194 g/mol. The molecule has 1 aromatic heterocycles. The Morgan fingerprint density at radius 2 is 2.43 bits per heavy atom. The Balaban J connectivity index is 2.06. The number of thiophene rings is 1.